The van der Waals surface area contributed by atoms with Crippen LogP contribution in [-0.4, -0.2) is 29.9 Å². The highest BCUT2D eigenvalue weighted by molar-refractivity contribution is 5.92. The number of hydrogen-bond donors (Lipinski definition) is 0. The fourth-order valence-corrected chi connectivity index (χ4v) is 17.1. The third-order valence-corrected chi connectivity index (χ3v) is 21.9. The molecule has 0 unspecified atom stereocenters. The molecular formula is C96H74N6. The summed E-state index contributed by atoms with van der Waals surface area (Å²) in [5, 5.41) is 0. The van der Waals surface area contributed by atoms with Crippen molar-refractivity contribution >= 4 is 0 Å². The molecule has 2 saturated carbocycles. The summed E-state index contributed by atoms with van der Waals surface area (Å²) in [6, 6.07) is 117. The molecule has 0 atom stereocenters. The molecule has 0 N–H and O–H groups in total. The maximum atomic E-state index is 4.96. The first-order valence-corrected chi connectivity index (χ1v) is 36.2. The molecule has 0 saturated heterocycles. The van der Waals surface area contributed by atoms with E-state index in [1.54, 1.807) is 5.56 Å². The van der Waals surface area contributed by atoms with Gasteiger partial charge in [-0.1, -0.05) is 348 Å². The summed E-state index contributed by atoms with van der Waals surface area (Å²) in [5.41, 5.74) is 30.2. The van der Waals surface area contributed by atoms with Crippen molar-refractivity contribution < 1.29 is 0 Å². The Balaban J connectivity index is 0.000000147. The summed E-state index contributed by atoms with van der Waals surface area (Å²) in [6.45, 7) is 0. The minimum absolute atomic E-state index is 0.111. The van der Waals surface area contributed by atoms with Gasteiger partial charge in [0.15, 0.2) is 34.9 Å². The second kappa shape index (κ2) is 26.9. The first-order valence-electron chi connectivity index (χ1n) is 36.2. The van der Waals surface area contributed by atoms with Crippen molar-refractivity contribution in [1.29, 1.82) is 0 Å². The summed E-state index contributed by atoms with van der Waals surface area (Å²) < 4.78 is 0. The lowest BCUT2D eigenvalue weighted by atomic mass is 9.66. The van der Waals surface area contributed by atoms with Crippen LogP contribution in [0.25, 0.3) is 146 Å². The summed E-state index contributed by atoms with van der Waals surface area (Å²) >= 11 is 0. The average molecular weight is 1310 g/mol. The van der Waals surface area contributed by atoms with E-state index in [0.29, 0.717) is 34.9 Å². The predicted molar refractivity (Wildman–Crippen MR) is 418 cm³/mol. The van der Waals surface area contributed by atoms with Gasteiger partial charge in [0.25, 0.3) is 0 Å². The third kappa shape index (κ3) is 11.5. The zero-order chi connectivity index (χ0) is 67.8. The van der Waals surface area contributed by atoms with Crippen LogP contribution >= 0.6 is 0 Å². The van der Waals surface area contributed by atoms with E-state index in [0.717, 1.165) is 44.5 Å². The first kappa shape index (κ1) is 62.2. The molecule has 4 aliphatic carbocycles. The highest BCUT2D eigenvalue weighted by Crippen LogP contribution is 2.60. The lowest BCUT2D eigenvalue weighted by Gasteiger charge is -2.37. The molecular weight excluding hydrogens is 1240 g/mol. The van der Waals surface area contributed by atoms with Crippen molar-refractivity contribution in [3.05, 3.63) is 350 Å². The van der Waals surface area contributed by atoms with E-state index in [1.165, 1.54) is 148 Å². The van der Waals surface area contributed by atoms with Crippen LogP contribution in [0.15, 0.2) is 328 Å². The first-order chi connectivity index (χ1) is 50.5. The van der Waals surface area contributed by atoms with Crippen molar-refractivity contribution in [2.24, 2.45) is 0 Å². The van der Waals surface area contributed by atoms with Gasteiger partial charge < -0.3 is 0 Å². The zero-order valence-electron chi connectivity index (χ0n) is 56.9. The number of rotatable bonds is 11. The van der Waals surface area contributed by atoms with E-state index >= 15 is 0 Å². The quantitative estimate of drug-likeness (QED) is 0.128. The second-order valence-electron chi connectivity index (χ2n) is 27.8. The topological polar surface area (TPSA) is 77.3 Å². The van der Waals surface area contributed by atoms with Crippen LogP contribution in [0, 0.1) is 0 Å². The molecule has 13 aromatic carbocycles. The van der Waals surface area contributed by atoms with Gasteiger partial charge >= 0.3 is 0 Å². The molecule has 0 bridgehead atoms. The Labute approximate surface area is 597 Å². The monoisotopic (exact) mass is 1310 g/mol. The summed E-state index contributed by atoms with van der Waals surface area (Å²) in [4.78, 5) is 29.5. The number of fused-ring (bicyclic) bond motifs is 10. The number of aromatic nitrogens is 6. The molecule has 488 valence electrons. The van der Waals surface area contributed by atoms with E-state index in [9.17, 15) is 0 Å². The van der Waals surface area contributed by atoms with Gasteiger partial charge in [0.2, 0.25) is 0 Å². The SMILES string of the molecule is c1ccc(-c2nc(-c3ccccc3)nc(-c3ccc(-c4cccc(-c5cccc6c5C5(CCCCC5)c5ccccc5-6)c4)cc3)n2)cc1.c1ccc(-c2nc(-c3ccccc3)nc(-c3cccc(-c4ccc(-c5cccc(-c6cccc7c6C6(CCCCC6)c6ccccc6-7)c5)cc4)c3)n2)cc1. The maximum Gasteiger partial charge on any atom is 0.164 e. The van der Waals surface area contributed by atoms with Crippen molar-refractivity contribution in [2.45, 2.75) is 75.0 Å². The van der Waals surface area contributed by atoms with Crippen LogP contribution in [0.5, 0.6) is 0 Å². The molecule has 2 spiro atoms. The van der Waals surface area contributed by atoms with Gasteiger partial charge in [-0.25, -0.2) is 29.9 Å². The summed E-state index contributed by atoms with van der Waals surface area (Å²) in [7, 11) is 0. The smallest absolute Gasteiger partial charge is 0.164 e. The molecule has 15 aromatic rings. The minimum Gasteiger partial charge on any atom is -0.208 e. The number of hydrogen-bond acceptors (Lipinski definition) is 6. The van der Waals surface area contributed by atoms with Crippen LogP contribution in [0.1, 0.15) is 86.5 Å². The highest BCUT2D eigenvalue weighted by atomic mass is 15.0. The van der Waals surface area contributed by atoms with Crippen molar-refractivity contribution in [3.8, 4) is 146 Å². The molecule has 0 aliphatic heterocycles. The Morgan fingerprint density at radius 3 is 0.755 bits per heavy atom. The lowest BCUT2D eigenvalue weighted by Crippen LogP contribution is -2.28. The van der Waals surface area contributed by atoms with Crippen LogP contribution in [0.2, 0.25) is 0 Å². The molecule has 6 heteroatoms. The van der Waals surface area contributed by atoms with E-state index in [1.807, 2.05) is 121 Å². The molecule has 102 heavy (non-hydrogen) atoms. The maximum absolute atomic E-state index is 4.96. The molecule has 2 fully saturated rings. The fraction of sp³-hybridized carbons (Fsp3) is 0.125. The van der Waals surface area contributed by atoms with Crippen LogP contribution in [0.3, 0.4) is 0 Å². The minimum atomic E-state index is 0.111. The van der Waals surface area contributed by atoms with Gasteiger partial charge in [-0.3, -0.25) is 0 Å². The molecule has 2 aromatic heterocycles. The lowest BCUT2D eigenvalue weighted by molar-refractivity contribution is 0.353. The molecule has 0 radical (unpaired) electrons. The Hall–Kier alpha value is -12.1. The van der Waals surface area contributed by atoms with E-state index in [-0.39, 0.29) is 10.8 Å². The molecule has 4 aliphatic rings. The molecule has 2 heterocycles. The summed E-state index contributed by atoms with van der Waals surface area (Å²) in [5.74, 6) is 3.99. The van der Waals surface area contributed by atoms with Crippen molar-refractivity contribution in [1.82, 2.24) is 29.9 Å². The molecule has 19 rings (SSSR count). The number of nitrogens with zero attached hydrogens (tertiary/aromatic N) is 6. The third-order valence-electron chi connectivity index (χ3n) is 21.9. The Kier molecular flexibility index (Phi) is 16.4. The van der Waals surface area contributed by atoms with Gasteiger partial charge in [-0.05, 0) is 144 Å². The van der Waals surface area contributed by atoms with Crippen molar-refractivity contribution in [3.63, 3.8) is 0 Å². The van der Waals surface area contributed by atoms with Gasteiger partial charge in [-0.15, -0.1) is 0 Å². The van der Waals surface area contributed by atoms with Gasteiger partial charge in [0, 0.05) is 44.2 Å². The van der Waals surface area contributed by atoms with Crippen LogP contribution < -0.4 is 0 Å². The van der Waals surface area contributed by atoms with E-state index in [4.69, 9.17) is 29.9 Å². The second-order valence-corrected chi connectivity index (χ2v) is 27.8. The van der Waals surface area contributed by atoms with E-state index in [2.05, 4.69) is 206 Å². The fourth-order valence-electron chi connectivity index (χ4n) is 17.1. The summed E-state index contributed by atoms with van der Waals surface area (Å²) in [6.07, 6.45) is 12.7. The molecule has 0 amide bonds. The standard InChI is InChI=1S/C51H39N3.C45H35N3/c1-4-15-37(16-5-1)48-52-49(38-17-6-2-7-18-38)54-50(53-48)42-22-13-20-40(34-42)36-29-27-35(28-30-36)39-19-12-21-41(33-39)43-24-14-25-45-44-23-8-9-26-46(44)51(47(43)45)31-10-3-11-32-51;1-4-14-32(15-5-1)42-46-43(33-16-6-2-7-17-33)48-44(47-42)34-26-24-31(25-27-34)35-18-12-19-36(30-35)37-21-13-22-39-38-20-8-9-23-40(38)45(41(37)39)28-10-3-11-29-45/h1-2,4-9,12-30,33-34H,3,10-11,31-32H2;1-2,4-9,12-27,30H,3,10-11,28-29H2. The predicted octanol–water partition coefficient (Wildman–Crippen LogP) is 24.5. The molecule has 6 nitrogen and oxygen atoms in total. The Morgan fingerprint density at radius 2 is 0.402 bits per heavy atom. The van der Waals surface area contributed by atoms with Crippen LogP contribution in [-0.2, 0) is 10.8 Å². The number of benzene rings is 13. The van der Waals surface area contributed by atoms with Gasteiger partial charge in [0.1, 0.15) is 0 Å². The van der Waals surface area contributed by atoms with E-state index < -0.39 is 0 Å². The van der Waals surface area contributed by atoms with Crippen LogP contribution in [0.4, 0.5) is 0 Å². The average Bonchev–Trinajstić information content (AvgIpc) is 1.56. The van der Waals surface area contributed by atoms with Crippen molar-refractivity contribution in [2.75, 3.05) is 0 Å². The highest BCUT2D eigenvalue weighted by Gasteiger charge is 2.46. The zero-order valence-corrected chi connectivity index (χ0v) is 56.9. The van der Waals surface area contributed by atoms with Gasteiger partial charge in [0.05, 0.1) is 0 Å². The Bertz CT molecular complexity index is 5450. The normalized spacial score (nSPS) is 14.2. The van der Waals surface area contributed by atoms with Gasteiger partial charge in [-0.2, -0.15) is 0 Å². The Morgan fingerprint density at radius 1 is 0.167 bits per heavy atom. The largest absolute Gasteiger partial charge is 0.208 e.